The summed E-state index contributed by atoms with van der Waals surface area (Å²) in [6, 6.07) is 19.0. The van der Waals surface area contributed by atoms with Crippen LogP contribution >= 0.6 is 11.3 Å². The van der Waals surface area contributed by atoms with E-state index in [1.54, 1.807) is 11.3 Å². The molecule has 18 heavy (non-hydrogen) atoms. The van der Waals surface area contributed by atoms with E-state index >= 15 is 0 Å². The quantitative estimate of drug-likeness (QED) is 0.555. The molecule has 2 nitrogen and oxygen atoms in total. The fourth-order valence-corrected chi connectivity index (χ4v) is 3.00. The summed E-state index contributed by atoms with van der Waals surface area (Å²) in [5.74, 6) is 5.70. The van der Waals surface area contributed by atoms with Crippen molar-refractivity contribution < 1.29 is 0 Å². The molecule has 0 amide bonds. The van der Waals surface area contributed by atoms with Gasteiger partial charge in [0.25, 0.3) is 0 Å². The Morgan fingerprint density at radius 3 is 2.50 bits per heavy atom. The third-order valence-electron chi connectivity index (χ3n) is 3.10. The van der Waals surface area contributed by atoms with E-state index in [-0.39, 0.29) is 6.04 Å². The molecule has 0 saturated heterocycles. The van der Waals surface area contributed by atoms with Crippen LogP contribution in [0.15, 0.2) is 60.0 Å². The molecule has 0 radical (unpaired) electrons. The number of fused-ring (bicyclic) bond motifs is 1. The second-order valence-corrected chi connectivity index (χ2v) is 5.20. The van der Waals surface area contributed by atoms with Crippen molar-refractivity contribution in [1.29, 1.82) is 0 Å². The van der Waals surface area contributed by atoms with E-state index in [4.69, 9.17) is 5.84 Å². The third-order valence-corrected chi connectivity index (χ3v) is 4.04. The summed E-state index contributed by atoms with van der Waals surface area (Å²) in [5, 5.41) is 4.57. The van der Waals surface area contributed by atoms with Gasteiger partial charge in [0.1, 0.15) is 0 Å². The normalized spacial score (nSPS) is 12.7. The molecule has 3 N–H and O–H groups in total. The first-order valence-electron chi connectivity index (χ1n) is 5.87. The van der Waals surface area contributed by atoms with E-state index in [1.807, 2.05) is 6.07 Å². The van der Waals surface area contributed by atoms with E-state index < -0.39 is 0 Å². The molecule has 1 atom stereocenters. The van der Waals surface area contributed by atoms with Crippen LogP contribution in [0.25, 0.3) is 10.8 Å². The lowest BCUT2D eigenvalue weighted by molar-refractivity contribution is 0.647. The molecule has 0 aliphatic rings. The first-order valence-corrected chi connectivity index (χ1v) is 6.74. The van der Waals surface area contributed by atoms with Crippen molar-refractivity contribution in [3.05, 3.63) is 70.4 Å². The van der Waals surface area contributed by atoms with Crippen LogP contribution in [0.5, 0.6) is 0 Å². The van der Waals surface area contributed by atoms with Gasteiger partial charge in [0.2, 0.25) is 0 Å². The molecule has 1 aromatic heterocycles. The number of thiophene rings is 1. The first kappa shape index (κ1) is 11.4. The monoisotopic (exact) mass is 254 g/mol. The second kappa shape index (κ2) is 4.90. The topological polar surface area (TPSA) is 38.0 Å². The van der Waals surface area contributed by atoms with Crippen molar-refractivity contribution in [2.24, 2.45) is 5.84 Å². The summed E-state index contributed by atoms with van der Waals surface area (Å²) in [4.78, 5) is 1.23. The molecule has 2 aromatic carbocycles. The fourth-order valence-electron chi connectivity index (χ4n) is 2.19. The average Bonchev–Trinajstić information content (AvgIpc) is 2.93. The van der Waals surface area contributed by atoms with E-state index in [0.29, 0.717) is 0 Å². The Labute approximate surface area is 110 Å². The minimum absolute atomic E-state index is 0.0645. The fraction of sp³-hybridized carbons (Fsp3) is 0.0667. The maximum Gasteiger partial charge on any atom is 0.0802 e. The molecular weight excluding hydrogens is 240 g/mol. The summed E-state index contributed by atoms with van der Waals surface area (Å²) >= 11 is 1.71. The third kappa shape index (κ3) is 2.04. The highest BCUT2D eigenvalue weighted by Crippen LogP contribution is 2.27. The predicted molar refractivity (Wildman–Crippen MR) is 77.4 cm³/mol. The molecule has 3 rings (SSSR count). The van der Waals surface area contributed by atoms with Gasteiger partial charge >= 0.3 is 0 Å². The van der Waals surface area contributed by atoms with Crippen molar-refractivity contribution >= 4 is 22.1 Å². The minimum atomic E-state index is 0.0645. The number of benzene rings is 2. The molecule has 1 heterocycles. The summed E-state index contributed by atoms with van der Waals surface area (Å²) in [6.45, 7) is 0. The molecule has 3 heteroatoms. The van der Waals surface area contributed by atoms with Gasteiger partial charge in [-0.15, -0.1) is 11.3 Å². The Balaban J connectivity index is 2.07. The van der Waals surface area contributed by atoms with Crippen molar-refractivity contribution in [3.63, 3.8) is 0 Å². The van der Waals surface area contributed by atoms with Crippen molar-refractivity contribution in [2.45, 2.75) is 6.04 Å². The first-order chi connectivity index (χ1) is 8.88. The Bertz CT molecular complexity index is 646. The molecule has 0 spiro atoms. The van der Waals surface area contributed by atoms with Gasteiger partial charge in [0.05, 0.1) is 6.04 Å². The molecule has 1 unspecified atom stereocenters. The van der Waals surface area contributed by atoms with Crippen LogP contribution < -0.4 is 11.3 Å². The van der Waals surface area contributed by atoms with Crippen LogP contribution in [0.1, 0.15) is 16.5 Å². The molecular formula is C15H14N2S. The van der Waals surface area contributed by atoms with Gasteiger partial charge in [-0.3, -0.25) is 5.84 Å². The molecule has 0 saturated carbocycles. The number of nitrogens with one attached hydrogen (secondary N) is 1. The second-order valence-electron chi connectivity index (χ2n) is 4.22. The number of hydrazine groups is 1. The van der Waals surface area contributed by atoms with Crippen molar-refractivity contribution in [2.75, 3.05) is 0 Å². The number of rotatable bonds is 3. The highest BCUT2D eigenvalue weighted by Gasteiger charge is 2.13. The Morgan fingerprint density at radius 2 is 1.78 bits per heavy atom. The van der Waals surface area contributed by atoms with Crippen molar-refractivity contribution in [1.82, 2.24) is 5.43 Å². The predicted octanol–water partition coefficient (Wildman–Crippen LogP) is 3.45. The van der Waals surface area contributed by atoms with Crippen LogP contribution in [0.2, 0.25) is 0 Å². The van der Waals surface area contributed by atoms with E-state index in [0.717, 1.165) is 0 Å². The molecule has 3 aromatic rings. The minimum Gasteiger partial charge on any atom is -0.271 e. The lowest BCUT2D eigenvalue weighted by Gasteiger charge is -2.15. The van der Waals surface area contributed by atoms with Crippen LogP contribution in [0.3, 0.4) is 0 Å². The standard InChI is InChI=1S/C15H14N2S/c16-17-15(14-6-3-9-18-14)13-8-7-11-4-1-2-5-12(11)10-13/h1-10,15,17H,16H2. The zero-order valence-electron chi connectivity index (χ0n) is 9.84. The lowest BCUT2D eigenvalue weighted by Crippen LogP contribution is -2.28. The van der Waals surface area contributed by atoms with E-state index in [9.17, 15) is 0 Å². The van der Waals surface area contributed by atoms with Gasteiger partial charge in [-0.25, -0.2) is 5.43 Å². The van der Waals surface area contributed by atoms with E-state index in [2.05, 4.69) is 59.3 Å². The Morgan fingerprint density at radius 1 is 0.944 bits per heavy atom. The summed E-state index contributed by atoms with van der Waals surface area (Å²) in [6.07, 6.45) is 0. The van der Waals surface area contributed by atoms with Crippen LogP contribution in [-0.4, -0.2) is 0 Å². The molecule has 90 valence electrons. The van der Waals surface area contributed by atoms with Crippen LogP contribution in [0.4, 0.5) is 0 Å². The molecule has 0 aliphatic heterocycles. The maximum atomic E-state index is 5.70. The average molecular weight is 254 g/mol. The summed E-state index contributed by atoms with van der Waals surface area (Å²) < 4.78 is 0. The molecule has 0 aliphatic carbocycles. The van der Waals surface area contributed by atoms with Crippen LogP contribution in [0, 0.1) is 0 Å². The van der Waals surface area contributed by atoms with Gasteiger partial charge in [-0.1, -0.05) is 42.5 Å². The SMILES string of the molecule is NNC(c1ccc2ccccc2c1)c1cccs1. The van der Waals surface area contributed by atoms with E-state index in [1.165, 1.54) is 21.2 Å². The van der Waals surface area contributed by atoms with Crippen LogP contribution in [-0.2, 0) is 0 Å². The molecule has 0 fully saturated rings. The zero-order chi connectivity index (χ0) is 12.4. The number of nitrogens with two attached hydrogens (primary N) is 1. The van der Waals surface area contributed by atoms with Gasteiger partial charge < -0.3 is 0 Å². The Hall–Kier alpha value is -1.68. The summed E-state index contributed by atoms with van der Waals surface area (Å²) in [7, 11) is 0. The molecule has 0 bridgehead atoms. The highest BCUT2D eigenvalue weighted by atomic mass is 32.1. The largest absolute Gasteiger partial charge is 0.271 e. The van der Waals surface area contributed by atoms with Gasteiger partial charge in [-0.2, -0.15) is 0 Å². The van der Waals surface area contributed by atoms with Gasteiger partial charge in [-0.05, 0) is 33.8 Å². The Kier molecular flexibility index (Phi) is 3.11. The highest BCUT2D eigenvalue weighted by molar-refractivity contribution is 7.10. The summed E-state index contributed by atoms with van der Waals surface area (Å²) in [5.41, 5.74) is 4.09. The number of hydrogen-bond donors (Lipinski definition) is 2. The maximum absolute atomic E-state index is 5.70. The van der Waals surface area contributed by atoms with Gasteiger partial charge in [0, 0.05) is 4.88 Å². The zero-order valence-corrected chi connectivity index (χ0v) is 10.7. The number of hydrogen-bond acceptors (Lipinski definition) is 3. The van der Waals surface area contributed by atoms with Gasteiger partial charge in [0.15, 0.2) is 0 Å². The van der Waals surface area contributed by atoms with Crippen molar-refractivity contribution in [3.8, 4) is 0 Å². The smallest absolute Gasteiger partial charge is 0.0802 e. The lowest BCUT2D eigenvalue weighted by atomic mass is 10.0.